The summed E-state index contributed by atoms with van der Waals surface area (Å²) in [5, 5.41) is 0. The Morgan fingerprint density at radius 3 is 1.76 bits per heavy atom. The lowest BCUT2D eigenvalue weighted by molar-refractivity contribution is 0.103. The zero-order valence-electron chi connectivity index (χ0n) is 23.5. The zero-order chi connectivity index (χ0) is 26.7. The summed E-state index contributed by atoms with van der Waals surface area (Å²) < 4.78 is 0. The number of carbonyl (C=O) groups is 1. The van der Waals surface area contributed by atoms with E-state index in [4.69, 9.17) is 0 Å². The first-order valence-corrected chi connectivity index (χ1v) is 14.6. The first-order valence-electron chi connectivity index (χ1n) is 14.6. The Labute approximate surface area is 229 Å². The summed E-state index contributed by atoms with van der Waals surface area (Å²) in [5.74, 6) is 0.0422. The quantitative estimate of drug-likeness (QED) is 0.134. The van der Waals surface area contributed by atoms with Crippen molar-refractivity contribution in [2.75, 3.05) is 0 Å². The van der Waals surface area contributed by atoms with Crippen LogP contribution in [0, 0.1) is 6.92 Å². The minimum absolute atomic E-state index is 0.0422. The van der Waals surface area contributed by atoms with Gasteiger partial charge in [-0.3, -0.25) is 4.79 Å². The summed E-state index contributed by atoms with van der Waals surface area (Å²) in [6.07, 6.45) is 12.4. The summed E-state index contributed by atoms with van der Waals surface area (Å²) >= 11 is 0. The molecule has 1 heterocycles. The maximum absolute atomic E-state index is 13.8. The molecule has 0 atom stereocenters. The maximum atomic E-state index is 13.8. The molecule has 0 radical (unpaired) electrons. The number of carbonyl (C=O) groups excluding carboxylic acids is 1. The van der Waals surface area contributed by atoms with Gasteiger partial charge in [0.1, 0.15) is 0 Å². The molecular weight excluding hydrogens is 462 g/mol. The summed E-state index contributed by atoms with van der Waals surface area (Å²) in [6.45, 7) is 6.50. The average molecular weight is 506 g/mol. The number of hydrogen-bond acceptors (Lipinski definition) is 1. The standard InChI is InChI=1S/C36H43NO/c1-4-6-8-10-15-28-18-22-30(23-19-28)33-26-34(31-24-20-29(21-25-31)16-11-9-7-5-2)37-35(33)36(38)32-17-13-12-14-27(32)3/h12-14,17-26,37H,4-11,15-16H2,1-3H3. The van der Waals surface area contributed by atoms with Crippen LogP contribution in [0.1, 0.15) is 98.0 Å². The van der Waals surface area contributed by atoms with Gasteiger partial charge in [0.2, 0.25) is 5.78 Å². The molecule has 0 bridgehead atoms. The van der Waals surface area contributed by atoms with Crippen molar-refractivity contribution >= 4 is 5.78 Å². The third-order valence-corrected chi connectivity index (χ3v) is 7.60. The molecule has 3 aromatic carbocycles. The Morgan fingerprint density at radius 1 is 0.658 bits per heavy atom. The fourth-order valence-electron chi connectivity index (χ4n) is 5.19. The van der Waals surface area contributed by atoms with Crippen molar-refractivity contribution in [3.63, 3.8) is 0 Å². The predicted molar refractivity (Wildman–Crippen MR) is 162 cm³/mol. The molecule has 198 valence electrons. The average Bonchev–Trinajstić information content (AvgIpc) is 3.40. The first-order chi connectivity index (χ1) is 18.6. The van der Waals surface area contributed by atoms with Crippen LogP contribution < -0.4 is 0 Å². The van der Waals surface area contributed by atoms with Gasteiger partial charge in [-0.2, -0.15) is 0 Å². The molecule has 0 saturated carbocycles. The highest BCUT2D eigenvalue weighted by Crippen LogP contribution is 2.32. The van der Waals surface area contributed by atoms with Gasteiger partial charge in [-0.15, -0.1) is 0 Å². The Kier molecular flexibility index (Phi) is 10.1. The molecule has 0 fully saturated rings. The fraction of sp³-hybridized carbons (Fsp3) is 0.361. The molecule has 0 aliphatic carbocycles. The van der Waals surface area contributed by atoms with E-state index in [1.54, 1.807) is 0 Å². The predicted octanol–water partition coefficient (Wildman–Crippen LogP) is 10.1. The van der Waals surface area contributed by atoms with E-state index in [1.807, 2.05) is 31.2 Å². The smallest absolute Gasteiger partial charge is 0.210 e. The van der Waals surface area contributed by atoms with Gasteiger partial charge in [-0.05, 0) is 66.5 Å². The van der Waals surface area contributed by atoms with E-state index < -0.39 is 0 Å². The largest absolute Gasteiger partial charge is 0.351 e. The lowest BCUT2D eigenvalue weighted by Crippen LogP contribution is -2.05. The van der Waals surface area contributed by atoms with Crippen molar-refractivity contribution < 1.29 is 4.79 Å². The number of benzene rings is 3. The van der Waals surface area contributed by atoms with E-state index in [2.05, 4.69) is 73.4 Å². The van der Waals surface area contributed by atoms with Crippen LogP contribution >= 0.6 is 0 Å². The number of aromatic nitrogens is 1. The van der Waals surface area contributed by atoms with Gasteiger partial charge in [0.15, 0.2) is 0 Å². The highest BCUT2D eigenvalue weighted by Gasteiger charge is 2.20. The lowest BCUT2D eigenvalue weighted by Gasteiger charge is -2.08. The number of ketones is 1. The second-order valence-corrected chi connectivity index (χ2v) is 10.6. The van der Waals surface area contributed by atoms with E-state index in [1.165, 1.54) is 62.5 Å². The van der Waals surface area contributed by atoms with Crippen LogP contribution in [-0.4, -0.2) is 10.8 Å². The molecule has 1 aromatic heterocycles. The van der Waals surface area contributed by atoms with Gasteiger partial charge in [0.05, 0.1) is 5.69 Å². The van der Waals surface area contributed by atoms with Gasteiger partial charge >= 0.3 is 0 Å². The van der Waals surface area contributed by atoms with Gasteiger partial charge < -0.3 is 4.98 Å². The molecule has 0 amide bonds. The van der Waals surface area contributed by atoms with Crippen LogP contribution in [0.4, 0.5) is 0 Å². The molecule has 0 aliphatic heterocycles. The van der Waals surface area contributed by atoms with Gasteiger partial charge in [0.25, 0.3) is 0 Å². The molecule has 38 heavy (non-hydrogen) atoms. The number of hydrogen-bond donors (Lipinski definition) is 1. The lowest BCUT2D eigenvalue weighted by atomic mass is 9.96. The molecule has 0 aliphatic rings. The van der Waals surface area contributed by atoms with E-state index >= 15 is 0 Å². The monoisotopic (exact) mass is 505 g/mol. The number of aromatic amines is 1. The van der Waals surface area contributed by atoms with Crippen LogP contribution in [0.5, 0.6) is 0 Å². The minimum Gasteiger partial charge on any atom is -0.351 e. The Balaban J connectivity index is 1.62. The third-order valence-electron chi connectivity index (χ3n) is 7.60. The SMILES string of the molecule is CCCCCCc1ccc(-c2cc(-c3ccc(CCCCCC)cc3)c(C(=O)c3ccccc3C)[nH]2)cc1. The number of unbranched alkanes of at least 4 members (excludes halogenated alkanes) is 6. The molecular formula is C36H43NO. The van der Waals surface area contributed by atoms with Crippen molar-refractivity contribution in [2.45, 2.75) is 85.0 Å². The molecule has 0 saturated heterocycles. The normalized spacial score (nSPS) is 11.1. The number of rotatable bonds is 14. The topological polar surface area (TPSA) is 32.9 Å². The first kappa shape index (κ1) is 27.6. The van der Waals surface area contributed by atoms with E-state index in [0.717, 1.165) is 46.4 Å². The Morgan fingerprint density at radius 2 is 1.21 bits per heavy atom. The highest BCUT2D eigenvalue weighted by molar-refractivity contribution is 6.13. The van der Waals surface area contributed by atoms with Crippen LogP contribution in [0.15, 0.2) is 78.9 Å². The molecule has 2 heteroatoms. The molecule has 2 nitrogen and oxygen atoms in total. The zero-order valence-corrected chi connectivity index (χ0v) is 23.5. The van der Waals surface area contributed by atoms with Crippen LogP contribution in [-0.2, 0) is 12.8 Å². The summed E-state index contributed by atoms with van der Waals surface area (Å²) in [6, 6.07) is 27.6. The summed E-state index contributed by atoms with van der Waals surface area (Å²) in [4.78, 5) is 17.3. The fourth-order valence-corrected chi connectivity index (χ4v) is 5.19. The molecule has 4 aromatic rings. The van der Waals surface area contributed by atoms with Crippen molar-refractivity contribution in [3.8, 4) is 22.4 Å². The van der Waals surface area contributed by atoms with E-state index in [9.17, 15) is 4.79 Å². The van der Waals surface area contributed by atoms with Crippen molar-refractivity contribution in [3.05, 3.63) is 107 Å². The van der Waals surface area contributed by atoms with Crippen LogP contribution in [0.25, 0.3) is 22.4 Å². The Hall–Kier alpha value is -3.39. The van der Waals surface area contributed by atoms with Crippen LogP contribution in [0.2, 0.25) is 0 Å². The number of H-pyrrole nitrogens is 1. The van der Waals surface area contributed by atoms with Crippen LogP contribution in [0.3, 0.4) is 0 Å². The minimum atomic E-state index is 0.0422. The van der Waals surface area contributed by atoms with Gasteiger partial charge in [-0.1, -0.05) is 125 Å². The van der Waals surface area contributed by atoms with Crippen molar-refractivity contribution in [2.24, 2.45) is 0 Å². The van der Waals surface area contributed by atoms with Gasteiger partial charge in [-0.25, -0.2) is 0 Å². The second-order valence-electron chi connectivity index (χ2n) is 10.6. The molecule has 0 unspecified atom stereocenters. The van der Waals surface area contributed by atoms with E-state index in [0.29, 0.717) is 5.69 Å². The highest BCUT2D eigenvalue weighted by atomic mass is 16.1. The molecule has 1 N–H and O–H groups in total. The molecule has 0 spiro atoms. The Bertz CT molecular complexity index is 1290. The van der Waals surface area contributed by atoms with Gasteiger partial charge in [0, 0.05) is 16.8 Å². The van der Waals surface area contributed by atoms with Crippen molar-refractivity contribution in [1.82, 2.24) is 4.98 Å². The number of aryl methyl sites for hydroxylation is 3. The summed E-state index contributed by atoms with van der Waals surface area (Å²) in [7, 11) is 0. The second kappa shape index (κ2) is 14.0. The summed E-state index contributed by atoms with van der Waals surface area (Å²) in [5.41, 5.74) is 9.28. The third kappa shape index (κ3) is 7.13. The maximum Gasteiger partial charge on any atom is 0.210 e. The molecule has 4 rings (SSSR count). The number of nitrogens with one attached hydrogen (secondary N) is 1. The van der Waals surface area contributed by atoms with E-state index in [-0.39, 0.29) is 5.78 Å². The van der Waals surface area contributed by atoms with Crippen molar-refractivity contribution in [1.29, 1.82) is 0 Å².